The number of rotatable bonds is 2. The SMILES string of the molecule is CC(C)CN1CCC2(CC1)OC(N)=NC2=O. The molecule has 1 spiro atoms. The molecule has 0 atom stereocenters. The average molecular weight is 225 g/mol. The molecule has 0 aromatic heterocycles. The molecule has 0 aliphatic carbocycles. The van der Waals surface area contributed by atoms with E-state index in [1.54, 1.807) is 0 Å². The van der Waals surface area contributed by atoms with Gasteiger partial charge in [-0.1, -0.05) is 13.8 Å². The Kier molecular flexibility index (Phi) is 2.88. The Morgan fingerprint density at radius 3 is 2.56 bits per heavy atom. The lowest BCUT2D eigenvalue weighted by Crippen LogP contribution is -2.49. The van der Waals surface area contributed by atoms with Crippen molar-refractivity contribution in [2.45, 2.75) is 32.3 Å². The minimum atomic E-state index is -0.739. The van der Waals surface area contributed by atoms with Gasteiger partial charge in [-0.05, 0) is 5.92 Å². The van der Waals surface area contributed by atoms with Crippen molar-refractivity contribution in [1.82, 2.24) is 4.90 Å². The van der Waals surface area contributed by atoms with Crippen LogP contribution in [-0.4, -0.2) is 42.1 Å². The Bertz CT molecular complexity index is 317. The van der Waals surface area contributed by atoms with Crippen LogP contribution >= 0.6 is 0 Å². The average Bonchev–Trinajstić information content (AvgIpc) is 2.45. The molecule has 2 N–H and O–H groups in total. The number of nitrogens with two attached hydrogens (primary N) is 1. The third-order valence-corrected chi connectivity index (χ3v) is 3.19. The molecule has 0 aromatic rings. The Hall–Kier alpha value is -1.10. The maximum atomic E-state index is 11.7. The number of likely N-dealkylation sites (tertiary alicyclic amines) is 1. The van der Waals surface area contributed by atoms with Crippen LogP contribution in [-0.2, 0) is 9.53 Å². The molecule has 2 aliphatic heterocycles. The summed E-state index contributed by atoms with van der Waals surface area (Å²) >= 11 is 0. The number of amidine groups is 1. The summed E-state index contributed by atoms with van der Waals surface area (Å²) < 4.78 is 5.41. The van der Waals surface area contributed by atoms with E-state index < -0.39 is 5.60 Å². The first-order valence-corrected chi connectivity index (χ1v) is 5.82. The van der Waals surface area contributed by atoms with Crippen molar-refractivity contribution in [3.05, 3.63) is 0 Å². The van der Waals surface area contributed by atoms with Crippen LogP contribution < -0.4 is 5.73 Å². The van der Waals surface area contributed by atoms with E-state index in [0.717, 1.165) is 19.6 Å². The maximum Gasteiger partial charge on any atom is 0.294 e. The maximum absolute atomic E-state index is 11.7. The van der Waals surface area contributed by atoms with Gasteiger partial charge in [0, 0.05) is 32.5 Å². The van der Waals surface area contributed by atoms with Gasteiger partial charge in [-0.25, -0.2) is 0 Å². The standard InChI is InChI=1S/C11H19N3O2/c1-8(2)7-14-5-3-11(4-6-14)9(15)13-10(12)16-11/h8H,3-7H2,1-2H3,(H2,12,13,15). The van der Waals surface area contributed by atoms with Gasteiger partial charge in [0.25, 0.3) is 11.9 Å². The van der Waals surface area contributed by atoms with Crippen LogP contribution in [0, 0.1) is 5.92 Å². The van der Waals surface area contributed by atoms with Crippen LogP contribution in [0.5, 0.6) is 0 Å². The lowest BCUT2D eigenvalue weighted by Gasteiger charge is -2.37. The normalized spacial score (nSPS) is 24.9. The highest BCUT2D eigenvalue weighted by atomic mass is 16.5. The van der Waals surface area contributed by atoms with Gasteiger partial charge in [-0.2, -0.15) is 4.99 Å². The van der Waals surface area contributed by atoms with Crippen LogP contribution in [0.3, 0.4) is 0 Å². The molecule has 0 aromatic carbocycles. The highest BCUT2D eigenvalue weighted by Crippen LogP contribution is 2.31. The second-order valence-corrected chi connectivity index (χ2v) is 5.05. The summed E-state index contributed by atoms with van der Waals surface area (Å²) in [7, 11) is 0. The molecule has 1 amide bonds. The second kappa shape index (κ2) is 4.05. The molecule has 0 radical (unpaired) electrons. The van der Waals surface area contributed by atoms with Crippen LogP contribution in [0.15, 0.2) is 4.99 Å². The Morgan fingerprint density at radius 1 is 1.50 bits per heavy atom. The molecule has 2 rings (SSSR count). The van der Waals surface area contributed by atoms with Gasteiger partial charge < -0.3 is 15.4 Å². The van der Waals surface area contributed by atoms with E-state index in [1.807, 2.05) is 0 Å². The number of carbonyl (C=O) groups is 1. The largest absolute Gasteiger partial charge is 0.448 e. The third-order valence-electron chi connectivity index (χ3n) is 3.19. The van der Waals surface area contributed by atoms with Crippen molar-refractivity contribution in [2.24, 2.45) is 16.6 Å². The molecule has 5 nitrogen and oxygen atoms in total. The molecule has 0 saturated carbocycles. The number of ether oxygens (including phenoxy) is 1. The molecule has 1 saturated heterocycles. The number of piperidine rings is 1. The van der Waals surface area contributed by atoms with E-state index in [2.05, 4.69) is 23.7 Å². The van der Waals surface area contributed by atoms with Gasteiger partial charge in [0.05, 0.1) is 0 Å². The zero-order valence-electron chi connectivity index (χ0n) is 9.90. The first-order chi connectivity index (χ1) is 7.52. The smallest absolute Gasteiger partial charge is 0.294 e. The minimum Gasteiger partial charge on any atom is -0.448 e. The molecule has 2 heterocycles. The summed E-state index contributed by atoms with van der Waals surface area (Å²) in [6.07, 6.45) is 1.39. The van der Waals surface area contributed by atoms with E-state index >= 15 is 0 Å². The van der Waals surface area contributed by atoms with Gasteiger partial charge in [-0.3, -0.25) is 4.79 Å². The third kappa shape index (κ3) is 2.04. The zero-order chi connectivity index (χ0) is 11.8. The van der Waals surface area contributed by atoms with E-state index in [4.69, 9.17) is 10.5 Å². The van der Waals surface area contributed by atoms with Crippen molar-refractivity contribution >= 4 is 11.9 Å². The van der Waals surface area contributed by atoms with E-state index in [-0.39, 0.29) is 11.9 Å². The minimum absolute atomic E-state index is 0.0299. The van der Waals surface area contributed by atoms with Crippen LogP contribution in [0.1, 0.15) is 26.7 Å². The first kappa shape index (κ1) is 11.4. The summed E-state index contributed by atoms with van der Waals surface area (Å²) in [5.74, 6) is 0.449. The van der Waals surface area contributed by atoms with Crippen LogP contribution in [0.2, 0.25) is 0 Å². The number of aliphatic imine (C=N–C) groups is 1. The summed E-state index contributed by atoms with van der Waals surface area (Å²) in [6.45, 7) is 7.23. The highest BCUT2D eigenvalue weighted by molar-refractivity contribution is 6.00. The van der Waals surface area contributed by atoms with Gasteiger partial charge >= 0.3 is 0 Å². The fraction of sp³-hybridized carbons (Fsp3) is 0.818. The second-order valence-electron chi connectivity index (χ2n) is 5.05. The quantitative estimate of drug-likeness (QED) is 0.736. The molecule has 16 heavy (non-hydrogen) atoms. The Balaban J connectivity index is 1.93. The van der Waals surface area contributed by atoms with Crippen LogP contribution in [0.4, 0.5) is 0 Å². The first-order valence-electron chi connectivity index (χ1n) is 5.82. The summed E-state index contributed by atoms with van der Waals surface area (Å²) in [4.78, 5) is 17.7. The number of hydrogen-bond acceptors (Lipinski definition) is 4. The van der Waals surface area contributed by atoms with Gasteiger partial charge in [-0.15, -0.1) is 0 Å². The highest BCUT2D eigenvalue weighted by Gasteiger charge is 2.47. The van der Waals surface area contributed by atoms with E-state index in [1.165, 1.54) is 0 Å². The molecule has 1 fully saturated rings. The molecule has 5 heteroatoms. The summed E-state index contributed by atoms with van der Waals surface area (Å²) in [5, 5.41) is 0. The number of amides is 1. The fourth-order valence-corrected chi connectivity index (χ4v) is 2.40. The van der Waals surface area contributed by atoms with Crippen molar-refractivity contribution in [3.63, 3.8) is 0 Å². The Morgan fingerprint density at radius 2 is 2.12 bits per heavy atom. The van der Waals surface area contributed by atoms with Gasteiger partial charge in [0.2, 0.25) is 0 Å². The van der Waals surface area contributed by atoms with Crippen molar-refractivity contribution in [1.29, 1.82) is 0 Å². The molecule has 0 unspecified atom stereocenters. The van der Waals surface area contributed by atoms with Crippen molar-refractivity contribution in [2.75, 3.05) is 19.6 Å². The monoisotopic (exact) mass is 225 g/mol. The molecule has 0 bridgehead atoms. The van der Waals surface area contributed by atoms with Gasteiger partial charge in [0.15, 0.2) is 5.60 Å². The number of carbonyl (C=O) groups excluding carboxylic acids is 1. The van der Waals surface area contributed by atoms with E-state index in [9.17, 15) is 4.79 Å². The number of hydrogen-bond donors (Lipinski definition) is 1. The molecule has 90 valence electrons. The predicted molar refractivity (Wildman–Crippen MR) is 61.0 cm³/mol. The number of nitrogens with zero attached hydrogens (tertiary/aromatic N) is 2. The zero-order valence-corrected chi connectivity index (χ0v) is 9.90. The fourth-order valence-electron chi connectivity index (χ4n) is 2.40. The Labute approximate surface area is 95.6 Å². The van der Waals surface area contributed by atoms with Crippen molar-refractivity contribution < 1.29 is 9.53 Å². The topological polar surface area (TPSA) is 67.9 Å². The lowest BCUT2D eigenvalue weighted by atomic mass is 9.90. The molecular formula is C11H19N3O2. The predicted octanol–water partition coefficient (Wildman–Crippen LogP) is 0.348. The summed E-state index contributed by atoms with van der Waals surface area (Å²) in [5.41, 5.74) is 4.70. The van der Waals surface area contributed by atoms with Gasteiger partial charge in [0.1, 0.15) is 0 Å². The lowest BCUT2D eigenvalue weighted by molar-refractivity contribution is -0.134. The summed E-state index contributed by atoms with van der Waals surface area (Å²) in [6, 6.07) is 0.0299. The molecular weight excluding hydrogens is 206 g/mol. The van der Waals surface area contributed by atoms with Crippen molar-refractivity contribution in [3.8, 4) is 0 Å². The van der Waals surface area contributed by atoms with E-state index in [0.29, 0.717) is 18.8 Å². The molecule has 2 aliphatic rings. The van der Waals surface area contributed by atoms with Crippen LogP contribution in [0.25, 0.3) is 0 Å².